The Balaban J connectivity index is 1.96. The lowest BCUT2D eigenvalue weighted by atomic mass is 9.96. The lowest BCUT2D eigenvalue weighted by molar-refractivity contribution is -0.134. The van der Waals surface area contributed by atoms with E-state index < -0.39 is 6.04 Å². The van der Waals surface area contributed by atoms with Gasteiger partial charge in [0.1, 0.15) is 6.04 Å². The molecule has 4 nitrogen and oxygen atoms in total. The summed E-state index contributed by atoms with van der Waals surface area (Å²) in [5.41, 5.74) is 6.85. The second kappa shape index (κ2) is 5.98. The molecule has 0 unspecified atom stereocenters. The Labute approximate surface area is 107 Å². The molecule has 2 rings (SSSR count). The Kier molecular flexibility index (Phi) is 4.33. The fourth-order valence-corrected chi connectivity index (χ4v) is 2.34. The summed E-state index contributed by atoms with van der Waals surface area (Å²) in [4.78, 5) is 14.0. The first kappa shape index (κ1) is 13.1. The maximum atomic E-state index is 12.2. The van der Waals surface area contributed by atoms with E-state index in [-0.39, 0.29) is 12.5 Å². The van der Waals surface area contributed by atoms with E-state index in [0.29, 0.717) is 19.0 Å². The minimum absolute atomic E-state index is 0.0161. The van der Waals surface area contributed by atoms with Crippen LogP contribution in [0.25, 0.3) is 0 Å². The maximum Gasteiger partial charge on any atom is 0.244 e. The molecule has 1 aliphatic heterocycles. The zero-order valence-electron chi connectivity index (χ0n) is 10.5. The van der Waals surface area contributed by atoms with Gasteiger partial charge in [0, 0.05) is 19.7 Å². The lowest BCUT2D eigenvalue weighted by Crippen LogP contribution is -2.43. The predicted molar refractivity (Wildman–Crippen MR) is 69.8 cm³/mol. The van der Waals surface area contributed by atoms with Gasteiger partial charge in [-0.05, 0) is 24.3 Å². The fraction of sp³-hybridized carbons (Fsp3) is 0.500. The topological polar surface area (TPSA) is 66.6 Å². The molecule has 0 aromatic heterocycles. The molecular weight excluding hydrogens is 228 g/mol. The van der Waals surface area contributed by atoms with E-state index in [1.807, 2.05) is 35.2 Å². The van der Waals surface area contributed by atoms with Crippen LogP contribution in [0.15, 0.2) is 30.3 Å². The largest absolute Gasteiger partial charge is 0.396 e. The van der Waals surface area contributed by atoms with Gasteiger partial charge in [0.2, 0.25) is 5.91 Å². The van der Waals surface area contributed by atoms with E-state index >= 15 is 0 Å². The molecular formula is C14H20N2O2. The molecule has 1 aromatic rings. The molecule has 1 aliphatic rings. The van der Waals surface area contributed by atoms with E-state index in [0.717, 1.165) is 18.4 Å². The van der Waals surface area contributed by atoms with Crippen LogP contribution in [-0.2, 0) is 4.79 Å². The summed E-state index contributed by atoms with van der Waals surface area (Å²) in [7, 11) is 0. The average molecular weight is 248 g/mol. The van der Waals surface area contributed by atoms with Crippen LogP contribution >= 0.6 is 0 Å². The monoisotopic (exact) mass is 248 g/mol. The summed E-state index contributed by atoms with van der Waals surface area (Å²) in [6.07, 6.45) is 1.73. The van der Waals surface area contributed by atoms with Gasteiger partial charge < -0.3 is 15.7 Å². The molecule has 4 heteroatoms. The summed E-state index contributed by atoms with van der Waals surface area (Å²) < 4.78 is 0. The number of hydrogen-bond acceptors (Lipinski definition) is 3. The minimum Gasteiger partial charge on any atom is -0.396 e. The molecule has 0 aliphatic carbocycles. The summed E-state index contributed by atoms with van der Waals surface area (Å²) in [5.74, 6) is 0.319. The highest BCUT2D eigenvalue weighted by Gasteiger charge is 2.26. The van der Waals surface area contributed by atoms with Gasteiger partial charge in [-0.15, -0.1) is 0 Å². The highest BCUT2D eigenvalue weighted by molar-refractivity contribution is 5.83. The van der Waals surface area contributed by atoms with Gasteiger partial charge in [-0.25, -0.2) is 0 Å². The molecule has 1 saturated heterocycles. The standard InChI is InChI=1S/C14H20N2O2/c15-13(12-4-2-1-3-5-12)14(18)16-8-6-11(10-17)7-9-16/h1-5,11,13,17H,6-10,15H2/t13-/m0/s1. The molecule has 1 heterocycles. The molecule has 98 valence electrons. The number of rotatable bonds is 3. The van der Waals surface area contributed by atoms with Gasteiger partial charge >= 0.3 is 0 Å². The molecule has 1 aromatic carbocycles. The molecule has 0 radical (unpaired) electrons. The predicted octanol–water partition coefficient (Wildman–Crippen LogP) is 0.917. The Morgan fingerprint density at radius 2 is 1.94 bits per heavy atom. The first-order valence-corrected chi connectivity index (χ1v) is 6.42. The van der Waals surface area contributed by atoms with E-state index in [2.05, 4.69) is 0 Å². The Morgan fingerprint density at radius 1 is 1.33 bits per heavy atom. The van der Waals surface area contributed by atoms with Crippen LogP contribution in [0.4, 0.5) is 0 Å². The number of nitrogens with zero attached hydrogens (tertiary/aromatic N) is 1. The van der Waals surface area contributed by atoms with Crippen LogP contribution in [0.2, 0.25) is 0 Å². The second-order valence-electron chi connectivity index (χ2n) is 4.84. The van der Waals surface area contributed by atoms with E-state index in [9.17, 15) is 4.79 Å². The number of carbonyl (C=O) groups excluding carboxylic acids is 1. The van der Waals surface area contributed by atoms with Crippen LogP contribution in [-0.4, -0.2) is 35.6 Å². The van der Waals surface area contributed by atoms with Crippen molar-refractivity contribution in [1.82, 2.24) is 4.90 Å². The van der Waals surface area contributed by atoms with Gasteiger partial charge in [0.25, 0.3) is 0 Å². The van der Waals surface area contributed by atoms with E-state index in [1.165, 1.54) is 0 Å². The number of hydrogen-bond donors (Lipinski definition) is 2. The molecule has 0 spiro atoms. The summed E-state index contributed by atoms with van der Waals surface area (Å²) in [5, 5.41) is 9.07. The van der Waals surface area contributed by atoms with Crippen LogP contribution in [0.1, 0.15) is 24.4 Å². The smallest absolute Gasteiger partial charge is 0.244 e. The number of benzene rings is 1. The highest BCUT2D eigenvalue weighted by Crippen LogP contribution is 2.20. The molecule has 3 N–H and O–H groups in total. The number of amides is 1. The molecule has 1 fully saturated rings. The van der Waals surface area contributed by atoms with Crippen molar-refractivity contribution in [2.45, 2.75) is 18.9 Å². The van der Waals surface area contributed by atoms with Crippen LogP contribution < -0.4 is 5.73 Å². The van der Waals surface area contributed by atoms with Crippen LogP contribution in [0.5, 0.6) is 0 Å². The zero-order valence-corrected chi connectivity index (χ0v) is 10.5. The quantitative estimate of drug-likeness (QED) is 0.836. The summed E-state index contributed by atoms with van der Waals surface area (Å²) in [6.45, 7) is 1.61. The van der Waals surface area contributed by atoms with Gasteiger partial charge in [-0.2, -0.15) is 0 Å². The number of carbonyl (C=O) groups is 1. The van der Waals surface area contributed by atoms with Gasteiger partial charge in [0.15, 0.2) is 0 Å². The Bertz CT molecular complexity index is 386. The third-order valence-corrected chi connectivity index (χ3v) is 3.61. The van der Waals surface area contributed by atoms with Crippen molar-refractivity contribution in [3.8, 4) is 0 Å². The van der Waals surface area contributed by atoms with E-state index in [1.54, 1.807) is 0 Å². The maximum absolute atomic E-state index is 12.2. The number of likely N-dealkylation sites (tertiary alicyclic amines) is 1. The van der Waals surface area contributed by atoms with Crippen molar-refractivity contribution in [3.05, 3.63) is 35.9 Å². The van der Waals surface area contributed by atoms with Crippen molar-refractivity contribution in [2.75, 3.05) is 19.7 Å². The number of aliphatic hydroxyl groups is 1. The minimum atomic E-state index is -0.572. The second-order valence-corrected chi connectivity index (χ2v) is 4.84. The zero-order chi connectivity index (χ0) is 13.0. The molecule has 18 heavy (non-hydrogen) atoms. The number of piperidine rings is 1. The first-order valence-electron chi connectivity index (χ1n) is 6.42. The molecule has 0 bridgehead atoms. The molecule has 1 atom stereocenters. The fourth-order valence-electron chi connectivity index (χ4n) is 2.34. The number of aliphatic hydroxyl groups excluding tert-OH is 1. The first-order chi connectivity index (χ1) is 8.72. The Hall–Kier alpha value is -1.39. The SMILES string of the molecule is N[C@H](C(=O)N1CCC(CO)CC1)c1ccccc1. The van der Waals surface area contributed by atoms with Crippen molar-refractivity contribution < 1.29 is 9.90 Å². The van der Waals surface area contributed by atoms with Crippen LogP contribution in [0.3, 0.4) is 0 Å². The molecule has 0 saturated carbocycles. The summed E-state index contributed by atoms with van der Waals surface area (Å²) in [6, 6.07) is 8.87. The van der Waals surface area contributed by atoms with Gasteiger partial charge in [-0.1, -0.05) is 30.3 Å². The van der Waals surface area contributed by atoms with Crippen molar-refractivity contribution in [3.63, 3.8) is 0 Å². The van der Waals surface area contributed by atoms with Crippen molar-refractivity contribution >= 4 is 5.91 Å². The normalized spacial score (nSPS) is 18.7. The van der Waals surface area contributed by atoms with Gasteiger partial charge in [-0.3, -0.25) is 4.79 Å². The third-order valence-electron chi connectivity index (χ3n) is 3.61. The number of nitrogens with two attached hydrogens (primary N) is 1. The lowest BCUT2D eigenvalue weighted by Gasteiger charge is -2.32. The van der Waals surface area contributed by atoms with Crippen molar-refractivity contribution in [2.24, 2.45) is 11.7 Å². The highest BCUT2D eigenvalue weighted by atomic mass is 16.3. The Morgan fingerprint density at radius 3 is 2.50 bits per heavy atom. The summed E-state index contributed by atoms with van der Waals surface area (Å²) >= 11 is 0. The van der Waals surface area contributed by atoms with Crippen LogP contribution in [0, 0.1) is 5.92 Å². The molecule has 1 amide bonds. The third kappa shape index (κ3) is 2.89. The average Bonchev–Trinajstić information content (AvgIpc) is 2.47. The van der Waals surface area contributed by atoms with Gasteiger partial charge in [0.05, 0.1) is 0 Å². The van der Waals surface area contributed by atoms with E-state index in [4.69, 9.17) is 10.8 Å². The van der Waals surface area contributed by atoms with Crippen molar-refractivity contribution in [1.29, 1.82) is 0 Å².